The van der Waals surface area contributed by atoms with E-state index >= 15 is 0 Å². The van der Waals surface area contributed by atoms with E-state index in [0.717, 1.165) is 6.42 Å². The van der Waals surface area contributed by atoms with Crippen LogP contribution in [-0.2, 0) is 57.4 Å². The Morgan fingerprint density at radius 3 is 1.87 bits per heavy atom. The fourth-order valence-corrected chi connectivity index (χ4v) is 8.94. The van der Waals surface area contributed by atoms with Crippen molar-refractivity contribution in [2.24, 2.45) is 0 Å². The number of ether oxygens (including phenoxy) is 4. The number of aliphatic carboxylic acids is 3. The fraction of sp³-hybridized carbons (Fsp3) is 0.630. The number of likely N-dealkylation sites (tertiary alicyclic amines) is 1. The summed E-state index contributed by atoms with van der Waals surface area (Å²) in [7, 11) is 0. The molecule has 0 unspecified atom stereocenters. The molecule has 2 aliphatic rings. The summed E-state index contributed by atoms with van der Waals surface area (Å²) >= 11 is 0. The molecule has 0 bridgehead atoms. The van der Waals surface area contributed by atoms with E-state index in [0.29, 0.717) is 107 Å². The third kappa shape index (κ3) is 27.3. The van der Waals surface area contributed by atoms with Crippen LogP contribution in [0, 0.1) is 11.3 Å². The molecule has 2 fully saturated rings. The van der Waals surface area contributed by atoms with Crippen molar-refractivity contribution in [1.82, 2.24) is 56.5 Å². The first kappa shape index (κ1) is 67.9. The summed E-state index contributed by atoms with van der Waals surface area (Å²) in [5.74, 6) is -5.91. The van der Waals surface area contributed by atoms with Crippen LogP contribution in [0.25, 0.3) is 10.9 Å². The van der Waals surface area contributed by atoms with Gasteiger partial charge in [-0.15, -0.1) is 0 Å². The van der Waals surface area contributed by atoms with Gasteiger partial charge in [0.05, 0.1) is 83.0 Å². The van der Waals surface area contributed by atoms with E-state index in [1.54, 1.807) is 28.0 Å². The van der Waals surface area contributed by atoms with E-state index in [1.807, 2.05) is 4.90 Å². The van der Waals surface area contributed by atoms with Gasteiger partial charge in [0, 0.05) is 96.4 Å². The number of amides is 7. The predicted octanol–water partition coefficient (Wildman–Crippen LogP) is -1.85. The Hall–Kier alpha value is -7.62. The number of rotatable bonds is 38. The molecule has 2 saturated heterocycles. The number of carbonyl (C=O) groups excluding carboxylic acids is 7. The lowest BCUT2D eigenvalue weighted by molar-refractivity contribution is -0.142. The number of carboxylic acid groups (broad SMARTS) is 3. The molecule has 1 aromatic heterocycles. The van der Waals surface area contributed by atoms with Gasteiger partial charge in [-0.05, 0) is 69.6 Å². The Morgan fingerprint density at radius 1 is 0.663 bits per heavy atom. The maximum atomic E-state index is 13.5. The highest BCUT2D eigenvalue weighted by molar-refractivity contribution is 6.07. The third-order valence-corrected chi connectivity index (χ3v) is 13.3. The molecule has 0 saturated carbocycles. The number of aromatic nitrogens is 1. The molecule has 3 atom stereocenters. The van der Waals surface area contributed by atoms with Gasteiger partial charge in [0.25, 0.3) is 11.8 Å². The zero-order valence-corrected chi connectivity index (χ0v) is 47.1. The lowest BCUT2D eigenvalue weighted by Gasteiger charge is -2.24. The number of carboxylic acids is 3. The van der Waals surface area contributed by atoms with Gasteiger partial charge < -0.3 is 71.1 Å². The van der Waals surface area contributed by atoms with Crippen LogP contribution in [0.15, 0.2) is 30.5 Å². The minimum atomic E-state index is -1.26. The van der Waals surface area contributed by atoms with E-state index in [1.165, 1.54) is 24.1 Å². The molecule has 83 heavy (non-hydrogen) atoms. The Morgan fingerprint density at radius 2 is 1.25 bits per heavy atom. The standard InChI is InChI=1S/C54H80N12O17/c1-38(67)56-14-4-3-9-44(54(78)79)62-53(77)43(8-2-5-15-58-47(69)34-63-19-21-64(35-50(72)73)23-24-65(22-20-63)36-51(74)75)61-46(68)13-25-80-27-29-82-30-28-81-26-17-59-48(70)37-83-40-10-11-41-42(12-16-57-45(41)31-40)52(76)60-33-49(71)66-18-6-7-39(66)32-55/h10-12,16,31,39,43-44H,2-9,13-15,17-30,33-37H2,1H3,(H,56,67)(H,58,69)(H,59,70)(H,60,76)(H,61,68)(H,62,77)(H,72,73)(H,74,75)(H,78,79)/t39-,43-,44-/m0/s1. The average molecular weight is 1170 g/mol. The number of hydrogen-bond acceptors (Lipinski definition) is 19. The van der Waals surface area contributed by atoms with Crippen molar-refractivity contribution < 1.29 is 82.2 Å². The second-order valence-corrected chi connectivity index (χ2v) is 19.8. The fourth-order valence-electron chi connectivity index (χ4n) is 8.94. The van der Waals surface area contributed by atoms with Crippen LogP contribution in [0.1, 0.15) is 75.1 Å². The summed E-state index contributed by atoms with van der Waals surface area (Å²) in [5, 5.41) is 54.3. The molecule has 0 radical (unpaired) electrons. The van der Waals surface area contributed by atoms with Crippen molar-refractivity contribution in [1.29, 1.82) is 5.26 Å². The molecule has 4 rings (SSSR count). The maximum Gasteiger partial charge on any atom is 0.326 e. The molecule has 29 heteroatoms. The average Bonchev–Trinajstić information content (AvgIpc) is 4.09. The normalized spacial score (nSPS) is 15.8. The molecule has 3 heterocycles. The smallest absolute Gasteiger partial charge is 0.326 e. The topological polar surface area (TPSA) is 390 Å². The minimum absolute atomic E-state index is 0.0130. The number of fused-ring (bicyclic) bond motifs is 1. The summed E-state index contributed by atoms with van der Waals surface area (Å²) < 4.78 is 22.2. The Bertz CT molecular complexity index is 2490. The molecule has 2 aliphatic heterocycles. The molecule has 7 amide bonds. The molecule has 0 aliphatic carbocycles. The Labute approximate surface area is 481 Å². The van der Waals surface area contributed by atoms with Crippen molar-refractivity contribution in [3.05, 3.63) is 36.0 Å². The van der Waals surface area contributed by atoms with Crippen molar-refractivity contribution >= 4 is 70.2 Å². The second-order valence-electron chi connectivity index (χ2n) is 19.8. The predicted molar refractivity (Wildman–Crippen MR) is 295 cm³/mol. The highest BCUT2D eigenvalue weighted by Gasteiger charge is 2.30. The highest BCUT2D eigenvalue weighted by atomic mass is 16.5. The molecule has 1 aromatic carbocycles. The molecule has 29 nitrogen and oxygen atoms in total. The van der Waals surface area contributed by atoms with Gasteiger partial charge in [0.15, 0.2) is 6.61 Å². The highest BCUT2D eigenvalue weighted by Crippen LogP contribution is 2.23. The van der Waals surface area contributed by atoms with Gasteiger partial charge in [-0.1, -0.05) is 0 Å². The monoisotopic (exact) mass is 1170 g/mol. The Balaban J connectivity index is 1.11. The molecule has 9 N–H and O–H groups in total. The zero-order valence-electron chi connectivity index (χ0n) is 47.1. The number of nitrogens with zero attached hydrogens (tertiary/aromatic N) is 6. The molecular formula is C54H80N12O17. The number of unbranched alkanes of at least 4 members (excludes halogenated alkanes) is 2. The Kier molecular flexibility index (Phi) is 31.3. The van der Waals surface area contributed by atoms with Crippen LogP contribution in [0.4, 0.5) is 0 Å². The lowest BCUT2D eigenvalue weighted by Crippen LogP contribution is -2.51. The van der Waals surface area contributed by atoms with Gasteiger partial charge in [0.1, 0.15) is 23.9 Å². The van der Waals surface area contributed by atoms with Crippen LogP contribution in [0.3, 0.4) is 0 Å². The van der Waals surface area contributed by atoms with Crippen LogP contribution in [-0.4, -0.2) is 255 Å². The first-order chi connectivity index (χ1) is 39.9. The summed E-state index contributed by atoms with van der Waals surface area (Å²) in [6.45, 7) is 4.75. The van der Waals surface area contributed by atoms with Crippen LogP contribution in [0.2, 0.25) is 0 Å². The summed E-state index contributed by atoms with van der Waals surface area (Å²) in [6.07, 6.45) is 4.49. The summed E-state index contributed by atoms with van der Waals surface area (Å²) in [5.41, 5.74) is 0.740. The number of benzene rings is 1. The first-order valence-electron chi connectivity index (χ1n) is 27.9. The molecule has 0 spiro atoms. The van der Waals surface area contributed by atoms with Gasteiger partial charge in [-0.3, -0.25) is 62.8 Å². The largest absolute Gasteiger partial charge is 0.484 e. The molecule has 2 aromatic rings. The van der Waals surface area contributed by atoms with Gasteiger partial charge >= 0.3 is 17.9 Å². The SMILES string of the molecule is CC(=O)NCCCC[C@H](NC(=O)[C@H](CCCCNC(=O)CN1CCN(CC(=O)O)CCN(CC(=O)O)CC1)NC(=O)CCOCCOCCOCCNC(=O)COc1ccc2c(C(=O)NCC(=O)N3CCC[C@H]3C#N)ccnc2c1)C(=O)O. The molecular weight excluding hydrogens is 1090 g/mol. The third-order valence-electron chi connectivity index (χ3n) is 13.3. The van der Waals surface area contributed by atoms with Crippen LogP contribution in [0.5, 0.6) is 5.75 Å². The first-order valence-corrected chi connectivity index (χ1v) is 27.9. The number of pyridine rings is 1. The van der Waals surface area contributed by atoms with Crippen molar-refractivity contribution in [3.63, 3.8) is 0 Å². The van der Waals surface area contributed by atoms with Gasteiger partial charge in [-0.2, -0.15) is 5.26 Å². The van der Waals surface area contributed by atoms with E-state index in [9.17, 15) is 68.5 Å². The van der Waals surface area contributed by atoms with Gasteiger partial charge in [0.2, 0.25) is 29.5 Å². The second kappa shape index (κ2) is 38.2. The van der Waals surface area contributed by atoms with E-state index in [2.05, 4.69) is 43.0 Å². The number of hydrogen-bond donors (Lipinski definition) is 9. The van der Waals surface area contributed by atoms with E-state index < -0.39 is 59.7 Å². The van der Waals surface area contributed by atoms with E-state index in [4.69, 9.17) is 18.9 Å². The van der Waals surface area contributed by atoms with Crippen molar-refractivity contribution in [2.75, 3.05) is 138 Å². The van der Waals surface area contributed by atoms with Crippen molar-refractivity contribution in [2.45, 2.75) is 82.8 Å². The number of nitrogens with one attached hydrogen (secondary N) is 6. The van der Waals surface area contributed by atoms with E-state index in [-0.39, 0.29) is 123 Å². The summed E-state index contributed by atoms with van der Waals surface area (Å²) in [6, 6.07) is 5.61. The summed E-state index contributed by atoms with van der Waals surface area (Å²) in [4.78, 5) is 135. The zero-order chi connectivity index (χ0) is 60.4. The van der Waals surface area contributed by atoms with Crippen molar-refractivity contribution in [3.8, 4) is 11.8 Å². The lowest BCUT2D eigenvalue weighted by atomic mass is 10.1. The number of carbonyl (C=O) groups is 10. The minimum Gasteiger partial charge on any atom is -0.484 e. The quantitative estimate of drug-likeness (QED) is 0.0333. The number of nitriles is 1. The maximum absolute atomic E-state index is 13.5. The molecule has 458 valence electrons. The van der Waals surface area contributed by atoms with Crippen LogP contribution >= 0.6 is 0 Å². The van der Waals surface area contributed by atoms with Gasteiger partial charge in [-0.25, -0.2) is 4.79 Å². The van der Waals surface area contributed by atoms with Crippen LogP contribution < -0.4 is 36.6 Å².